The van der Waals surface area contributed by atoms with Gasteiger partial charge in [0, 0.05) is 6.92 Å². The first kappa shape index (κ1) is 9.61. The lowest BCUT2D eigenvalue weighted by atomic mass is 9.87. The maximum atomic E-state index is 10.8. The molecule has 0 aromatic heterocycles. The Labute approximate surface area is 77.7 Å². The van der Waals surface area contributed by atoms with Gasteiger partial charge in [-0.2, -0.15) is 5.26 Å². The fourth-order valence-electron chi connectivity index (χ4n) is 1.37. The van der Waals surface area contributed by atoms with Crippen molar-refractivity contribution in [1.82, 2.24) is 0 Å². The van der Waals surface area contributed by atoms with Crippen LogP contribution in [0.4, 0.5) is 0 Å². The number of carbonyl (C=O) groups excluding carboxylic acids is 1. The molecule has 0 aromatic carbocycles. The van der Waals surface area contributed by atoms with E-state index in [0.717, 1.165) is 0 Å². The molecule has 0 N–H and O–H groups in total. The second kappa shape index (κ2) is 2.78. The van der Waals surface area contributed by atoms with Crippen molar-refractivity contribution in [3.05, 3.63) is 0 Å². The summed E-state index contributed by atoms with van der Waals surface area (Å²) in [7, 11) is 0. The van der Waals surface area contributed by atoms with Gasteiger partial charge in [-0.25, -0.2) is 0 Å². The largest absolute Gasteiger partial charge is 0.445 e. The van der Waals surface area contributed by atoms with Gasteiger partial charge in [0.25, 0.3) is 0 Å². The molecule has 0 unspecified atom stereocenters. The third kappa shape index (κ3) is 1.38. The van der Waals surface area contributed by atoms with Gasteiger partial charge in [0.2, 0.25) is 0 Å². The highest BCUT2D eigenvalue weighted by molar-refractivity contribution is 5.67. The molecule has 0 spiro atoms. The summed E-state index contributed by atoms with van der Waals surface area (Å²) in [6, 6.07) is 2.13. The molecule has 1 aliphatic rings. The van der Waals surface area contributed by atoms with Crippen LogP contribution in [0.5, 0.6) is 0 Å². The van der Waals surface area contributed by atoms with Crippen molar-refractivity contribution in [3.8, 4) is 18.4 Å². The number of terminal acetylenes is 1. The van der Waals surface area contributed by atoms with Crippen LogP contribution in [0.25, 0.3) is 0 Å². The molecule has 1 atom stereocenters. The van der Waals surface area contributed by atoms with Crippen molar-refractivity contribution in [2.24, 2.45) is 5.41 Å². The Morgan fingerprint density at radius 2 is 2.23 bits per heavy atom. The Morgan fingerprint density at radius 3 is 2.46 bits per heavy atom. The first-order valence-electron chi connectivity index (χ1n) is 4.08. The number of rotatable bonds is 2. The summed E-state index contributed by atoms with van der Waals surface area (Å²) in [5, 5.41) is 8.90. The predicted molar refractivity (Wildman–Crippen MR) is 46.3 cm³/mol. The van der Waals surface area contributed by atoms with Gasteiger partial charge in [0.05, 0.1) is 6.07 Å². The summed E-state index contributed by atoms with van der Waals surface area (Å²) in [6.45, 7) is 2.91. The molecule has 0 aromatic rings. The Bertz CT molecular complexity index is 317. The van der Waals surface area contributed by atoms with E-state index in [4.69, 9.17) is 16.4 Å². The minimum atomic E-state index is -1.06. The van der Waals surface area contributed by atoms with Crippen LogP contribution >= 0.6 is 0 Å². The molecule has 68 valence electrons. The minimum Gasteiger partial charge on any atom is -0.445 e. The van der Waals surface area contributed by atoms with Gasteiger partial charge >= 0.3 is 5.97 Å². The molecule has 3 nitrogen and oxygen atoms in total. The number of nitrogens with zero attached hydrogens (tertiary/aromatic N) is 1. The highest BCUT2D eigenvalue weighted by Crippen LogP contribution is 2.54. The third-order valence-corrected chi connectivity index (χ3v) is 2.50. The van der Waals surface area contributed by atoms with E-state index in [1.165, 1.54) is 6.92 Å². The average Bonchev–Trinajstić information content (AvgIpc) is 2.83. The van der Waals surface area contributed by atoms with Crippen molar-refractivity contribution in [3.63, 3.8) is 0 Å². The Hall–Kier alpha value is -1.48. The predicted octanol–water partition coefficient (Wildman–Crippen LogP) is 1.25. The summed E-state index contributed by atoms with van der Waals surface area (Å²) in [5.41, 5.74) is -1.71. The lowest BCUT2D eigenvalue weighted by Gasteiger charge is -2.27. The van der Waals surface area contributed by atoms with Gasteiger partial charge in [-0.1, -0.05) is 5.92 Å². The Morgan fingerprint density at radius 1 is 1.69 bits per heavy atom. The van der Waals surface area contributed by atoms with Crippen LogP contribution < -0.4 is 0 Å². The molecule has 0 saturated heterocycles. The number of ether oxygens (including phenoxy) is 1. The SMILES string of the molecule is C#C[C@@](C)(OC(C)=O)C1(C#N)CC1. The van der Waals surface area contributed by atoms with Gasteiger partial charge in [0.15, 0.2) is 5.60 Å². The summed E-state index contributed by atoms with van der Waals surface area (Å²) in [5.74, 6) is 1.96. The second-order valence-corrected chi connectivity index (χ2v) is 3.47. The Kier molecular flexibility index (Phi) is 2.05. The van der Waals surface area contributed by atoms with Gasteiger partial charge in [-0.05, 0) is 19.8 Å². The van der Waals surface area contributed by atoms with E-state index in [0.29, 0.717) is 12.8 Å². The number of esters is 1. The topological polar surface area (TPSA) is 50.1 Å². The molecule has 0 bridgehead atoms. The van der Waals surface area contributed by atoms with E-state index >= 15 is 0 Å². The summed E-state index contributed by atoms with van der Waals surface area (Å²) in [6.07, 6.45) is 6.69. The average molecular weight is 177 g/mol. The molecule has 0 radical (unpaired) electrons. The van der Waals surface area contributed by atoms with Crippen LogP contribution in [0.15, 0.2) is 0 Å². The maximum Gasteiger partial charge on any atom is 0.304 e. The molecule has 3 heteroatoms. The van der Waals surface area contributed by atoms with Crippen LogP contribution in [0.3, 0.4) is 0 Å². The van der Waals surface area contributed by atoms with Gasteiger partial charge < -0.3 is 4.74 Å². The molecule has 0 aliphatic heterocycles. The van der Waals surface area contributed by atoms with E-state index in [9.17, 15) is 4.79 Å². The molecule has 1 saturated carbocycles. The van der Waals surface area contributed by atoms with Crippen LogP contribution in [-0.4, -0.2) is 11.6 Å². The molecule has 0 heterocycles. The van der Waals surface area contributed by atoms with Crippen LogP contribution in [0.1, 0.15) is 26.7 Å². The summed E-state index contributed by atoms with van der Waals surface area (Å²) < 4.78 is 5.01. The van der Waals surface area contributed by atoms with Gasteiger partial charge in [-0.3, -0.25) is 4.79 Å². The second-order valence-electron chi connectivity index (χ2n) is 3.47. The monoisotopic (exact) mass is 177 g/mol. The molecule has 1 fully saturated rings. The van der Waals surface area contributed by atoms with E-state index in [-0.39, 0.29) is 0 Å². The quantitative estimate of drug-likeness (QED) is 0.471. The molecule has 0 amide bonds. The van der Waals surface area contributed by atoms with E-state index in [1.807, 2.05) is 0 Å². The van der Waals surface area contributed by atoms with Crippen LogP contribution in [-0.2, 0) is 9.53 Å². The van der Waals surface area contributed by atoms with Crippen LogP contribution in [0, 0.1) is 29.1 Å². The molecular weight excluding hydrogens is 166 g/mol. The number of hydrogen-bond acceptors (Lipinski definition) is 3. The van der Waals surface area contributed by atoms with Crippen molar-refractivity contribution < 1.29 is 9.53 Å². The number of hydrogen-bond donors (Lipinski definition) is 0. The van der Waals surface area contributed by atoms with E-state index in [1.54, 1.807) is 6.92 Å². The van der Waals surface area contributed by atoms with Crippen molar-refractivity contribution >= 4 is 5.97 Å². The fourth-order valence-corrected chi connectivity index (χ4v) is 1.37. The lowest BCUT2D eigenvalue weighted by Crippen LogP contribution is -2.38. The maximum absolute atomic E-state index is 10.8. The summed E-state index contributed by atoms with van der Waals surface area (Å²) >= 11 is 0. The zero-order valence-electron chi connectivity index (χ0n) is 7.76. The van der Waals surface area contributed by atoms with Gasteiger partial charge in [0.1, 0.15) is 5.41 Å². The fraction of sp³-hybridized carbons (Fsp3) is 0.600. The smallest absolute Gasteiger partial charge is 0.304 e. The zero-order chi connectivity index (χ0) is 10.1. The highest BCUT2D eigenvalue weighted by atomic mass is 16.6. The standard InChI is InChI=1S/C10H11NO2/c1-4-9(3,13-8(2)12)10(7-11)5-6-10/h1H,5-6H2,2-3H3/t9-/m1/s1. The minimum absolute atomic E-state index is 0.443. The molecule has 13 heavy (non-hydrogen) atoms. The van der Waals surface area contributed by atoms with Crippen molar-refractivity contribution in [2.75, 3.05) is 0 Å². The molecular formula is C10H11NO2. The molecule has 1 aliphatic carbocycles. The normalized spacial score (nSPS) is 21.8. The van der Waals surface area contributed by atoms with Crippen LogP contribution in [0.2, 0.25) is 0 Å². The Balaban J connectivity index is 2.90. The van der Waals surface area contributed by atoms with Crippen molar-refractivity contribution in [2.45, 2.75) is 32.3 Å². The lowest BCUT2D eigenvalue weighted by molar-refractivity contribution is -0.153. The molecule has 1 rings (SSSR count). The number of nitriles is 1. The first-order valence-corrected chi connectivity index (χ1v) is 4.08. The van der Waals surface area contributed by atoms with Gasteiger partial charge in [-0.15, -0.1) is 6.42 Å². The third-order valence-electron chi connectivity index (χ3n) is 2.50. The first-order chi connectivity index (χ1) is 5.99. The van der Waals surface area contributed by atoms with Crippen molar-refractivity contribution in [1.29, 1.82) is 5.26 Å². The summed E-state index contributed by atoms with van der Waals surface area (Å²) in [4.78, 5) is 10.8. The highest BCUT2D eigenvalue weighted by Gasteiger charge is 2.59. The van der Waals surface area contributed by atoms with E-state index in [2.05, 4.69) is 12.0 Å². The van der Waals surface area contributed by atoms with E-state index < -0.39 is 17.0 Å². The number of carbonyl (C=O) groups is 1. The zero-order valence-corrected chi connectivity index (χ0v) is 7.76.